The lowest BCUT2D eigenvalue weighted by Crippen LogP contribution is -2.30. The van der Waals surface area contributed by atoms with Crippen molar-refractivity contribution in [3.05, 3.63) is 35.4 Å². The van der Waals surface area contributed by atoms with Crippen LogP contribution in [0.1, 0.15) is 18.9 Å². The van der Waals surface area contributed by atoms with Gasteiger partial charge in [0.25, 0.3) is 0 Å². The standard InChI is InChI=1S/C13H17F2N/c1-8-3-12(8)13(16-2)6-9-4-10(14)7-11(15)5-9/h4-5,7-8,12-13,16H,3,6H2,1-2H3. The first-order chi connectivity index (χ1) is 7.60. The quantitative estimate of drug-likeness (QED) is 0.830. The molecule has 0 aromatic heterocycles. The lowest BCUT2D eigenvalue weighted by atomic mass is 10.0. The minimum Gasteiger partial charge on any atom is -0.316 e. The van der Waals surface area contributed by atoms with E-state index in [1.54, 1.807) is 0 Å². The van der Waals surface area contributed by atoms with E-state index < -0.39 is 11.6 Å². The number of nitrogens with one attached hydrogen (secondary N) is 1. The predicted molar refractivity (Wildman–Crippen MR) is 60.2 cm³/mol. The number of rotatable bonds is 4. The highest BCUT2D eigenvalue weighted by atomic mass is 19.1. The molecular formula is C13H17F2N. The fourth-order valence-corrected chi connectivity index (χ4v) is 2.36. The summed E-state index contributed by atoms with van der Waals surface area (Å²) in [5.74, 6) is 0.398. The van der Waals surface area contributed by atoms with Crippen molar-refractivity contribution in [3.63, 3.8) is 0 Å². The van der Waals surface area contributed by atoms with E-state index in [2.05, 4.69) is 12.2 Å². The third-order valence-electron chi connectivity index (χ3n) is 3.44. The van der Waals surface area contributed by atoms with Crippen LogP contribution in [0.4, 0.5) is 8.78 Å². The molecule has 1 fully saturated rings. The van der Waals surface area contributed by atoms with E-state index in [4.69, 9.17) is 0 Å². The third-order valence-corrected chi connectivity index (χ3v) is 3.44. The summed E-state index contributed by atoms with van der Waals surface area (Å²) >= 11 is 0. The summed E-state index contributed by atoms with van der Waals surface area (Å²) in [7, 11) is 1.91. The van der Waals surface area contributed by atoms with Crippen molar-refractivity contribution in [2.75, 3.05) is 7.05 Å². The molecule has 0 saturated heterocycles. The summed E-state index contributed by atoms with van der Waals surface area (Å²) < 4.78 is 26.0. The van der Waals surface area contributed by atoms with E-state index >= 15 is 0 Å². The molecule has 2 rings (SSSR count). The molecule has 1 aliphatic carbocycles. The van der Waals surface area contributed by atoms with Gasteiger partial charge in [-0.15, -0.1) is 0 Å². The van der Waals surface area contributed by atoms with Gasteiger partial charge in [0.1, 0.15) is 11.6 Å². The lowest BCUT2D eigenvalue weighted by Gasteiger charge is -2.16. The van der Waals surface area contributed by atoms with Crippen LogP contribution < -0.4 is 5.32 Å². The molecule has 3 unspecified atom stereocenters. The molecule has 88 valence electrons. The summed E-state index contributed by atoms with van der Waals surface area (Å²) in [6.45, 7) is 2.21. The molecular weight excluding hydrogens is 208 g/mol. The molecule has 0 aliphatic heterocycles. The number of hydrogen-bond acceptors (Lipinski definition) is 1. The second-order valence-electron chi connectivity index (χ2n) is 4.75. The first kappa shape index (κ1) is 11.5. The fourth-order valence-electron chi connectivity index (χ4n) is 2.36. The smallest absolute Gasteiger partial charge is 0.126 e. The molecule has 1 aromatic rings. The first-order valence-corrected chi connectivity index (χ1v) is 5.72. The molecule has 1 nitrogen and oxygen atoms in total. The van der Waals surface area contributed by atoms with Crippen LogP contribution in [0.25, 0.3) is 0 Å². The van der Waals surface area contributed by atoms with E-state index in [9.17, 15) is 8.78 Å². The minimum atomic E-state index is -0.492. The summed E-state index contributed by atoms with van der Waals surface area (Å²) in [5.41, 5.74) is 0.732. The molecule has 1 aromatic carbocycles. The van der Waals surface area contributed by atoms with Crippen LogP contribution in [0.5, 0.6) is 0 Å². The van der Waals surface area contributed by atoms with Crippen LogP contribution in [0.15, 0.2) is 18.2 Å². The van der Waals surface area contributed by atoms with Gasteiger partial charge in [0.2, 0.25) is 0 Å². The topological polar surface area (TPSA) is 12.0 Å². The average molecular weight is 225 g/mol. The summed E-state index contributed by atoms with van der Waals surface area (Å²) in [6.07, 6.45) is 1.91. The Morgan fingerprint density at radius 1 is 1.31 bits per heavy atom. The maximum atomic E-state index is 13.0. The van der Waals surface area contributed by atoms with E-state index in [-0.39, 0.29) is 0 Å². The fraction of sp³-hybridized carbons (Fsp3) is 0.538. The SMILES string of the molecule is CNC(Cc1cc(F)cc(F)c1)C1CC1C. The number of halogens is 2. The molecule has 16 heavy (non-hydrogen) atoms. The van der Waals surface area contributed by atoms with Crippen molar-refractivity contribution in [2.24, 2.45) is 11.8 Å². The molecule has 1 saturated carbocycles. The molecule has 1 aliphatic rings. The van der Waals surface area contributed by atoms with Crippen molar-refractivity contribution < 1.29 is 8.78 Å². The molecule has 3 heteroatoms. The monoisotopic (exact) mass is 225 g/mol. The highest BCUT2D eigenvalue weighted by Gasteiger charge is 2.38. The summed E-state index contributed by atoms with van der Waals surface area (Å²) in [6, 6.07) is 4.08. The summed E-state index contributed by atoms with van der Waals surface area (Å²) in [4.78, 5) is 0. The number of likely N-dealkylation sites (N-methyl/N-ethyl adjacent to an activating group) is 1. The zero-order valence-corrected chi connectivity index (χ0v) is 9.63. The predicted octanol–water partition coefficient (Wildman–Crippen LogP) is 2.75. The maximum Gasteiger partial charge on any atom is 0.126 e. The van der Waals surface area contributed by atoms with E-state index in [1.807, 2.05) is 7.05 Å². The van der Waals surface area contributed by atoms with Gasteiger partial charge in [-0.2, -0.15) is 0 Å². The Morgan fingerprint density at radius 2 is 1.88 bits per heavy atom. The van der Waals surface area contributed by atoms with Crippen LogP contribution in [0.2, 0.25) is 0 Å². The Bertz CT molecular complexity index is 358. The van der Waals surface area contributed by atoms with Crippen molar-refractivity contribution in [2.45, 2.75) is 25.8 Å². The zero-order valence-electron chi connectivity index (χ0n) is 9.63. The second-order valence-corrected chi connectivity index (χ2v) is 4.75. The van der Waals surface area contributed by atoms with E-state index in [0.717, 1.165) is 17.5 Å². The molecule has 0 bridgehead atoms. The Morgan fingerprint density at radius 3 is 2.31 bits per heavy atom. The highest BCUT2D eigenvalue weighted by molar-refractivity contribution is 5.19. The molecule has 3 atom stereocenters. The van der Waals surface area contributed by atoms with Gasteiger partial charge in [0, 0.05) is 12.1 Å². The average Bonchev–Trinajstić information content (AvgIpc) is 2.90. The van der Waals surface area contributed by atoms with Crippen molar-refractivity contribution in [3.8, 4) is 0 Å². The Hall–Kier alpha value is -0.960. The van der Waals surface area contributed by atoms with Gasteiger partial charge in [-0.25, -0.2) is 8.78 Å². The minimum absolute atomic E-state index is 0.330. The van der Waals surface area contributed by atoms with Gasteiger partial charge < -0.3 is 5.32 Å². The van der Waals surface area contributed by atoms with Crippen LogP contribution in [-0.4, -0.2) is 13.1 Å². The van der Waals surface area contributed by atoms with E-state index in [0.29, 0.717) is 18.4 Å². The van der Waals surface area contributed by atoms with Crippen molar-refractivity contribution >= 4 is 0 Å². The zero-order chi connectivity index (χ0) is 11.7. The molecule has 0 amide bonds. The maximum absolute atomic E-state index is 13.0. The van der Waals surface area contributed by atoms with Crippen LogP contribution in [0.3, 0.4) is 0 Å². The van der Waals surface area contributed by atoms with Gasteiger partial charge in [-0.3, -0.25) is 0 Å². The third kappa shape index (κ3) is 2.59. The number of hydrogen-bond donors (Lipinski definition) is 1. The first-order valence-electron chi connectivity index (χ1n) is 5.72. The van der Waals surface area contributed by atoms with Gasteiger partial charge in [0.15, 0.2) is 0 Å². The van der Waals surface area contributed by atoms with Crippen LogP contribution in [-0.2, 0) is 6.42 Å². The van der Waals surface area contributed by atoms with Crippen molar-refractivity contribution in [1.29, 1.82) is 0 Å². The normalized spacial score (nSPS) is 25.5. The molecule has 0 heterocycles. The van der Waals surface area contributed by atoms with Gasteiger partial charge in [-0.1, -0.05) is 6.92 Å². The second kappa shape index (κ2) is 4.50. The Balaban J connectivity index is 2.06. The Kier molecular flexibility index (Phi) is 3.24. The number of benzene rings is 1. The lowest BCUT2D eigenvalue weighted by molar-refractivity contribution is 0.476. The van der Waals surface area contributed by atoms with Gasteiger partial charge in [-0.05, 0) is 49.4 Å². The largest absolute Gasteiger partial charge is 0.316 e. The van der Waals surface area contributed by atoms with Gasteiger partial charge in [0.05, 0.1) is 0 Å². The Labute approximate surface area is 94.9 Å². The molecule has 1 N–H and O–H groups in total. The summed E-state index contributed by atoms with van der Waals surface area (Å²) in [5, 5.41) is 3.24. The van der Waals surface area contributed by atoms with E-state index in [1.165, 1.54) is 18.6 Å². The molecule has 0 radical (unpaired) electrons. The molecule has 0 spiro atoms. The van der Waals surface area contributed by atoms with Crippen molar-refractivity contribution in [1.82, 2.24) is 5.32 Å². The highest BCUT2D eigenvalue weighted by Crippen LogP contribution is 2.41. The van der Waals surface area contributed by atoms with Crippen LogP contribution in [0, 0.1) is 23.5 Å². The van der Waals surface area contributed by atoms with Crippen LogP contribution >= 0.6 is 0 Å². The van der Waals surface area contributed by atoms with Gasteiger partial charge >= 0.3 is 0 Å².